The van der Waals surface area contributed by atoms with E-state index in [2.05, 4.69) is 35.9 Å². The van der Waals surface area contributed by atoms with Crippen molar-refractivity contribution >= 4 is 11.0 Å². The van der Waals surface area contributed by atoms with Crippen molar-refractivity contribution in [2.45, 2.75) is 33.3 Å². The molecular weight excluding hydrogens is 200 g/mol. The molecule has 0 aliphatic rings. The summed E-state index contributed by atoms with van der Waals surface area (Å²) in [6.45, 7) is 8.22. The molecule has 3 nitrogen and oxygen atoms in total. The number of benzene rings is 1. The molecule has 0 radical (unpaired) electrons. The second kappa shape index (κ2) is 3.59. The Bertz CT molecular complexity index is 487. The summed E-state index contributed by atoms with van der Waals surface area (Å²) in [5, 5.41) is 0. The van der Waals surface area contributed by atoms with Crippen molar-refractivity contribution in [1.82, 2.24) is 9.97 Å². The van der Waals surface area contributed by atoms with Crippen LogP contribution in [0.3, 0.4) is 0 Å². The highest BCUT2D eigenvalue weighted by atomic mass is 16.5. The van der Waals surface area contributed by atoms with Gasteiger partial charge in [-0.3, -0.25) is 0 Å². The molecule has 0 saturated heterocycles. The van der Waals surface area contributed by atoms with Crippen molar-refractivity contribution in [3.05, 3.63) is 29.1 Å². The predicted molar refractivity (Wildman–Crippen MR) is 65.6 cm³/mol. The number of aromatic nitrogens is 2. The zero-order chi connectivity index (χ0) is 11.9. The van der Waals surface area contributed by atoms with Crippen molar-refractivity contribution in [1.29, 1.82) is 0 Å². The summed E-state index contributed by atoms with van der Waals surface area (Å²) in [5.74, 6) is 0.870. The molecule has 0 unspecified atom stereocenters. The maximum absolute atomic E-state index is 5.42. The zero-order valence-electron chi connectivity index (χ0n) is 10.5. The first-order valence-corrected chi connectivity index (χ1v) is 5.46. The largest absolute Gasteiger partial charge is 0.371 e. The van der Waals surface area contributed by atoms with E-state index in [9.17, 15) is 0 Å². The normalized spacial score (nSPS) is 12.3. The topological polar surface area (TPSA) is 37.9 Å². The number of rotatable bonds is 2. The van der Waals surface area contributed by atoms with Gasteiger partial charge in [0.1, 0.15) is 11.4 Å². The van der Waals surface area contributed by atoms with E-state index in [0.29, 0.717) is 0 Å². The summed E-state index contributed by atoms with van der Waals surface area (Å²) in [7, 11) is 1.70. The molecule has 2 rings (SSSR count). The average molecular weight is 218 g/mol. The van der Waals surface area contributed by atoms with Gasteiger partial charge >= 0.3 is 0 Å². The molecule has 0 amide bonds. The predicted octanol–water partition coefficient (Wildman–Crippen LogP) is 3.06. The van der Waals surface area contributed by atoms with E-state index in [0.717, 1.165) is 16.9 Å². The Hall–Kier alpha value is -1.35. The third-order valence-corrected chi connectivity index (χ3v) is 3.18. The number of aryl methyl sites for hydroxylation is 2. The molecule has 1 aromatic heterocycles. The summed E-state index contributed by atoms with van der Waals surface area (Å²) < 4.78 is 5.42. The van der Waals surface area contributed by atoms with Crippen LogP contribution in [0.2, 0.25) is 0 Å². The Morgan fingerprint density at radius 1 is 1.19 bits per heavy atom. The monoisotopic (exact) mass is 218 g/mol. The lowest BCUT2D eigenvalue weighted by atomic mass is 10.1. The highest BCUT2D eigenvalue weighted by molar-refractivity contribution is 5.77. The van der Waals surface area contributed by atoms with Gasteiger partial charge in [-0.25, -0.2) is 4.98 Å². The van der Waals surface area contributed by atoms with Crippen LogP contribution in [-0.4, -0.2) is 17.1 Å². The van der Waals surface area contributed by atoms with E-state index in [1.165, 1.54) is 11.1 Å². The Kier molecular flexibility index (Phi) is 2.50. The lowest BCUT2D eigenvalue weighted by Gasteiger charge is -2.19. The van der Waals surface area contributed by atoms with Crippen LogP contribution in [0.25, 0.3) is 11.0 Å². The third kappa shape index (κ3) is 1.71. The van der Waals surface area contributed by atoms with Crippen LogP contribution in [0.5, 0.6) is 0 Å². The number of imidazole rings is 1. The summed E-state index contributed by atoms with van der Waals surface area (Å²) in [6.07, 6.45) is 0. The van der Waals surface area contributed by atoms with Gasteiger partial charge in [-0.2, -0.15) is 0 Å². The Morgan fingerprint density at radius 2 is 1.81 bits per heavy atom. The van der Waals surface area contributed by atoms with E-state index in [4.69, 9.17) is 4.74 Å². The van der Waals surface area contributed by atoms with Crippen molar-refractivity contribution in [2.24, 2.45) is 0 Å². The maximum atomic E-state index is 5.42. The highest BCUT2D eigenvalue weighted by Crippen LogP contribution is 2.25. The van der Waals surface area contributed by atoms with Crippen LogP contribution in [0.15, 0.2) is 12.1 Å². The number of hydrogen-bond acceptors (Lipinski definition) is 2. The summed E-state index contributed by atoms with van der Waals surface area (Å²) in [4.78, 5) is 7.90. The minimum atomic E-state index is -0.374. The van der Waals surface area contributed by atoms with Crippen LogP contribution >= 0.6 is 0 Å². The van der Waals surface area contributed by atoms with Gasteiger partial charge in [0, 0.05) is 7.11 Å². The second-order valence-electron chi connectivity index (χ2n) is 4.75. The fourth-order valence-electron chi connectivity index (χ4n) is 1.65. The van der Waals surface area contributed by atoms with Crippen LogP contribution in [-0.2, 0) is 10.3 Å². The molecule has 1 N–H and O–H groups in total. The maximum Gasteiger partial charge on any atom is 0.139 e. The first-order chi connectivity index (χ1) is 7.44. The van der Waals surface area contributed by atoms with E-state index < -0.39 is 0 Å². The first-order valence-electron chi connectivity index (χ1n) is 5.46. The number of aromatic amines is 1. The number of nitrogens with one attached hydrogen (secondary N) is 1. The van der Waals surface area contributed by atoms with Gasteiger partial charge in [-0.1, -0.05) is 0 Å². The van der Waals surface area contributed by atoms with Crippen LogP contribution in [0.1, 0.15) is 30.8 Å². The van der Waals surface area contributed by atoms with E-state index >= 15 is 0 Å². The molecule has 3 heteroatoms. The molecule has 0 aliphatic heterocycles. The van der Waals surface area contributed by atoms with Gasteiger partial charge in [-0.05, 0) is 51.0 Å². The van der Waals surface area contributed by atoms with E-state index in [1.807, 2.05) is 13.8 Å². The molecular formula is C13H18N2O. The average Bonchev–Trinajstić information content (AvgIpc) is 2.62. The molecule has 1 heterocycles. The third-order valence-electron chi connectivity index (χ3n) is 3.18. The van der Waals surface area contributed by atoms with E-state index in [1.54, 1.807) is 7.11 Å². The first kappa shape index (κ1) is 11.1. The minimum Gasteiger partial charge on any atom is -0.371 e. The standard InChI is InChI=1S/C13H18N2O/c1-8-6-10-11(7-9(8)2)15-12(14-10)13(3,4)16-5/h6-7H,1-5H3,(H,14,15). The number of methoxy groups -OCH3 is 1. The summed E-state index contributed by atoms with van der Waals surface area (Å²) in [5.41, 5.74) is 4.24. The summed E-state index contributed by atoms with van der Waals surface area (Å²) >= 11 is 0. The minimum absolute atomic E-state index is 0.374. The molecule has 0 spiro atoms. The Labute approximate surface area is 95.8 Å². The van der Waals surface area contributed by atoms with Gasteiger partial charge in [0.25, 0.3) is 0 Å². The number of nitrogens with zero attached hydrogens (tertiary/aromatic N) is 1. The van der Waals surface area contributed by atoms with Gasteiger partial charge < -0.3 is 9.72 Å². The number of fused-ring (bicyclic) bond motifs is 1. The molecule has 16 heavy (non-hydrogen) atoms. The second-order valence-corrected chi connectivity index (χ2v) is 4.75. The molecule has 86 valence electrons. The Morgan fingerprint density at radius 3 is 2.44 bits per heavy atom. The molecule has 0 bridgehead atoms. The smallest absolute Gasteiger partial charge is 0.139 e. The fourth-order valence-corrected chi connectivity index (χ4v) is 1.65. The number of H-pyrrole nitrogens is 1. The van der Waals surface area contributed by atoms with Crippen molar-refractivity contribution in [3.8, 4) is 0 Å². The van der Waals surface area contributed by atoms with Crippen molar-refractivity contribution in [2.75, 3.05) is 7.11 Å². The molecule has 0 saturated carbocycles. The zero-order valence-corrected chi connectivity index (χ0v) is 10.5. The molecule has 0 atom stereocenters. The molecule has 0 aliphatic carbocycles. The van der Waals surface area contributed by atoms with Gasteiger partial charge in [-0.15, -0.1) is 0 Å². The number of hydrogen-bond donors (Lipinski definition) is 1. The van der Waals surface area contributed by atoms with E-state index in [-0.39, 0.29) is 5.60 Å². The molecule has 1 aromatic carbocycles. The Balaban J connectivity index is 2.61. The lowest BCUT2D eigenvalue weighted by Crippen LogP contribution is -2.21. The van der Waals surface area contributed by atoms with Gasteiger partial charge in [0.05, 0.1) is 11.0 Å². The van der Waals surface area contributed by atoms with Crippen LogP contribution in [0, 0.1) is 13.8 Å². The SMILES string of the molecule is COC(C)(C)c1nc2cc(C)c(C)cc2[nH]1. The number of ether oxygens (including phenoxy) is 1. The van der Waals surface area contributed by atoms with Gasteiger partial charge in [0.15, 0.2) is 0 Å². The molecule has 0 fully saturated rings. The van der Waals surface area contributed by atoms with Crippen LogP contribution < -0.4 is 0 Å². The molecule has 2 aromatic rings. The van der Waals surface area contributed by atoms with Crippen molar-refractivity contribution in [3.63, 3.8) is 0 Å². The van der Waals surface area contributed by atoms with Crippen molar-refractivity contribution < 1.29 is 4.74 Å². The quantitative estimate of drug-likeness (QED) is 0.841. The fraction of sp³-hybridized carbons (Fsp3) is 0.462. The van der Waals surface area contributed by atoms with Crippen LogP contribution in [0.4, 0.5) is 0 Å². The van der Waals surface area contributed by atoms with Gasteiger partial charge in [0.2, 0.25) is 0 Å². The highest BCUT2D eigenvalue weighted by Gasteiger charge is 2.23. The summed E-state index contributed by atoms with van der Waals surface area (Å²) in [6, 6.07) is 4.24. The lowest BCUT2D eigenvalue weighted by molar-refractivity contribution is 0.0124.